The lowest BCUT2D eigenvalue weighted by Gasteiger charge is -2.18. The first-order valence-corrected chi connectivity index (χ1v) is 6.46. The number of nitrogens with one attached hydrogen (secondary N) is 2. The van der Waals surface area contributed by atoms with Crippen molar-refractivity contribution in [3.05, 3.63) is 24.3 Å². The van der Waals surface area contributed by atoms with Gasteiger partial charge in [-0.25, -0.2) is 0 Å². The molecule has 0 amide bonds. The van der Waals surface area contributed by atoms with E-state index in [1.165, 1.54) is 12.8 Å². The number of anilines is 1. The zero-order valence-corrected chi connectivity index (χ0v) is 10.8. The summed E-state index contributed by atoms with van der Waals surface area (Å²) >= 11 is 0. The third-order valence-electron chi connectivity index (χ3n) is 3.36. The molecule has 1 aliphatic carbocycles. The third-order valence-corrected chi connectivity index (χ3v) is 3.36. The van der Waals surface area contributed by atoms with E-state index in [1.54, 1.807) is 7.11 Å². The number of tetrazole rings is 1. The molecular formula is C13H17N5O. The van der Waals surface area contributed by atoms with Crippen molar-refractivity contribution >= 4 is 5.69 Å². The van der Waals surface area contributed by atoms with Crippen LogP contribution in [0.25, 0.3) is 11.4 Å². The highest BCUT2D eigenvalue weighted by molar-refractivity contribution is 5.62. The quantitative estimate of drug-likeness (QED) is 0.825. The average Bonchev–Trinajstić information content (AvgIpc) is 3.13. The second-order valence-electron chi connectivity index (χ2n) is 4.86. The minimum absolute atomic E-state index is 0.380. The fourth-order valence-corrected chi connectivity index (χ4v) is 2.22. The first kappa shape index (κ1) is 12.1. The van der Waals surface area contributed by atoms with E-state index in [0.717, 1.165) is 23.8 Å². The Balaban J connectivity index is 1.75. The van der Waals surface area contributed by atoms with E-state index in [-0.39, 0.29) is 0 Å². The molecule has 1 saturated carbocycles. The van der Waals surface area contributed by atoms with Crippen molar-refractivity contribution in [3.63, 3.8) is 0 Å². The molecule has 1 aromatic heterocycles. The van der Waals surface area contributed by atoms with Crippen LogP contribution >= 0.6 is 0 Å². The van der Waals surface area contributed by atoms with Gasteiger partial charge in [-0.1, -0.05) is 12.1 Å². The summed E-state index contributed by atoms with van der Waals surface area (Å²) in [4.78, 5) is 0. The normalized spacial score (nSPS) is 16.3. The number of hydrogen-bond donors (Lipinski definition) is 2. The molecule has 0 radical (unpaired) electrons. The molecule has 1 fully saturated rings. The zero-order chi connectivity index (χ0) is 13.1. The number of aromatic nitrogens is 4. The van der Waals surface area contributed by atoms with Gasteiger partial charge >= 0.3 is 0 Å². The van der Waals surface area contributed by atoms with Crippen molar-refractivity contribution in [1.29, 1.82) is 0 Å². The summed E-state index contributed by atoms with van der Waals surface area (Å²) in [5.74, 6) is 1.34. The number of hydrogen-bond acceptors (Lipinski definition) is 5. The minimum Gasteiger partial charge on any atom is -0.383 e. The Kier molecular flexibility index (Phi) is 3.41. The number of H-pyrrole nitrogens is 1. The van der Waals surface area contributed by atoms with Crippen LogP contribution in [0.3, 0.4) is 0 Å². The van der Waals surface area contributed by atoms with Crippen LogP contribution in [0.1, 0.15) is 12.8 Å². The molecular weight excluding hydrogens is 242 g/mol. The van der Waals surface area contributed by atoms with E-state index < -0.39 is 0 Å². The summed E-state index contributed by atoms with van der Waals surface area (Å²) in [6.45, 7) is 0.733. The van der Waals surface area contributed by atoms with E-state index in [9.17, 15) is 0 Å². The van der Waals surface area contributed by atoms with Gasteiger partial charge in [-0.2, -0.15) is 5.21 Å². The molecule has 2 aromatic rings. The maximum atomic E-state index is 5.28. The lowest BCUT2D eigenvalue weighted by atomic mass is 10.1. The molecule has 19 heavy (non-hydrogen) atoms. The highest BCUT2D eigenvalue weighted by atomic mass is 16.5. The summed E-state index contributed by atoms with van der Waals surface area (Å²) in [6, 6.07) is 8.43. The minimum atomic E-state index is 0.380. The summed E-state index contributed by atoms with van der Waals surface area (Å²) in [5.41, 5.74) is 2.02. The number of methoxy groups -OCH3 is 1. The third kappa shape index (κ3) is 2.90. The van der Waals surface area contributed by atoms with Gasteiger partial charge < -0.3 is 10.1 Å². The molecule has 6 heteroatoms. The van der Waals surface area contributed by atoms with Gasteiger partial charge in [0.25, 0.3) is 0 Å². The van der Waals surface area contributed by atoms with Gasteiger partial charge in [-0.05, 0) is 36.1 Å². The second-order valence-corrected chi connectivity index (χ2v) is 4.86. The van der Waals surface area contributed by atoms with Crippen LogP contribution in [0.4, 0.5) is 5.69 Å². The molecule has 100 valence electrons. The van der Waals surface area contributed by atoms with E-state index in [0.29, 0.717) is 11.9 Å². The fraction of sp³-hybridized carbons (Fsp3) is 0.462. The van der Waals surface area contributed by atoms with Gasteiger partial charge in [0.1, 0.15) is 0 Å². The van der Waals surface area contributed by atoms with Gasteiger partial charge in [0, 0.05) is 18.4 Å². The van der Waals surface area contributed by atoms with E-state index in [1.807, 2.05) is 18.2 Å². The van der Waals surface area contributed by atoms with Crippen molar-refractivity contribution < 1.29 is 4.74 Å². The maximum Gasteiger partial charge on any atom is 0.204 e. The number of nitrogens with zero attached hydrogens (tertiary/aromatic N) is 3. The largest absolute Gasteiger partial charge is 0.383 e. The van der Waals surface area contributed by atoms with Crippen molar-refractivity contribution in [2.75, 3.05) is 19.0 Å². The van der Waals surface area contributed by atoms with Gasteiger partial charge in [0.05, 0.1) is 12.6 Å². The van der Waals surface area contributed by atoms with Crippen LogP contribution < -0.4 is 5.32 Å². The standard InChI is InChI=1S/C13H17N5O/c1-19-8-12(9-5-6-9)14-11-4-2-3-10(7-11)13-15-17-18-16-13/h2-4,7,9,12,14H,5-6,8H2,1H3,(H,15,16,17,18). The van der Waals surface area contributed by atoms with Gasteiger partial charge in [0.15, 0.2) is 0 Å². The molecule has 0 bridgehead atoms. The molecule has 1 aromatic carbocycles. The Bertz CT molecular complexity index is 524. The highest BCUT2D eigenvalue weighted by Gasteiger charge is 2.31. The average molecular weight is 259 g/mol. The number of aromatic amines is 1. The van der Waals surface area contributed by atoms with Crippen molar-refractivity contribution in [2.24, 2.45) is 5.92 Å². The van der Waals surface area contributed by atoms with Crippen LogP contribution in [0.2, 0.25) is 0 Å². The van der Waals surface area contributed by atoms with Gasteiger partial charge in [-0.15, -0.1) is 10.2 Å². The molecule has 0 saturated heterocycles. The predicted octanol–water partition coefficient (Wildman–Crippen LogP) is 1.70. The van der Waals surface area contributed by atoms with Crippen LogP contribution in [-0.4, -0.2) is 40.4 Å². The first-order valence-electron chi connectivity index (χ1n) is 6.46. The SMILES string of the molecule is COCC(Nc1cccc(-c2nn[nH]n2)c1)C1CC1. The molecule has 1 heterocycles. The topological polar surface area (TPSA) is 75.7 Å². The van der Waals surface area contributed by atoms with Crippen molar-refractivity contribution in [2.45, 2.75) is 18.9 Å². The molecule has 1 atom stereocenters. The monoisotopic (exact) mass is 259 g/mol. The Labute approximate surface area is 111 Å². The molecule has 1 unspecified atom stereocenters. The van der Waals surface area contributed by atoms with Crippen molar-refractivity contribution in [3.8, 4) is 11.4 Å². The lowest BCUT2D eigenvalue weighted by Crippen LogP contribution is -2.27. The zero-order valence-electron chi connectivity index (χ0n) is 10.8. The number of rotatable bonds is 6. The van der Waals surface area contributed by atoms with Gasteiger partial charge in [0.2, 0.25) is 5.82 Å². The highest BCUT2D eigenvalue weighted by Crippen LogP contribution is 2.34. The summed E-state index contributed by atoms with van der Waals surface area (Å²) in [5, 5.41) is 17.6. The van der Waals surface area contributed by atoms with E-state index in [4.69, 9.17) is 4.74 Å². The van der Waals surface area contributed by atoms with Crippen molar-refractivity contribution in [1.82, 2.24) is 20.6 Å². The predicted molar refractivity (Wildman–Crippen MR) is 71.6 cm³/mol. The van der Waals surface area contributed by atoms with Crippen LogP contribution in [-0.2, 0) is 4.74 Å². The molecule has 6 nitrogen and oxygen atoms in total. The van der Waals surface area contributed by atoms with Crippen LogP contribution in [0.15, 0.2) is 24.3 Å². The Hall–Kier alpha value is -1.95. The Morgan fingerprint density at radius 2 is 2.37 bits per heavy atom. The number of benzene rings is 1. The first-order chi connectivity index (χ1) is 9.36. The van der Waals surface area contributed by atoms with Crippen LogP contribution in [0.5, 0.6) is 0 Å². The summed E-state index contributed by atoms with van der Waals surface area (Å²) in [6.07, 6.45) is 2.57. The fourth-order valence-electron chi connectivity index (χ4n) is 2.22. The maximum absolute atomic E-state index is 5.28. The van der Waals surface area contributed by atoms with Crippen LogP contribution in [0, 0.1) is 5.92 Å². The number of ether oxygens (including phenoxy) is 1. The summed E-state index contributed by atoms with van der Waals surface area (Å²) in [7, 11) is 1.74. The Morgan fingerprint density at radius 1 is 1.47 bits per heavy atom. The Morgan fingerprint density at radius 3 is 3.05 bits per heavy atom. The molecule has 2 N–H and O–H groups in total. The van der Waals surface area contributed by atoms with Gasteiger partial charge in [-0.3, -0.25) is 0 Å². The lowest BCUT2D eigenvalue weighted by molar-refractivity contribution is 0.179. The molecule has 3 rings (SSSR count). The smallest absolute Gasteiger partial charge is 0.204 e. The molecule has 1 aliphatic rings. The molecule has 0 aliphatic heterocycles. The summed E-state index contributed by atoms with van der Waals surface area (Å²) < 4.78 is 5.28. The van der Waals surface area contributed by atoms with E-state index >= 15 is 0 Å². The molecule has 0 spiro atoms. The van der Waals surface area contributed by atoms with E-state index in [2.05, 4.69) is 32.0 Å². The second kappa shape index (κ2) is 5.36.